The molecule has 2 rings (SSSR count). The summed E-state index contributed by atoms with van der Waals surface area (Å²) < 4.78 is 0.917. The Hall–Kier alpha value is -0.310. The summed E-state index contributed by atoms with van der Waals surface area (Å²) in [6, 6.07) is 5.93. The minimum Gasteiger partial charge on any atom is -0.321 e. The fraction of sp³-hybridized carbons (Fsp3) is 0.333. The molecule has 0 aliphatic heterocycles. The van der Waals surface area contributed by atoms with E-state index in [2.05, 4.69) is 22.0 Å². The molecule has 1 aliphatic rings. The molecule has 0 saturated carbocycles. The van der Waals surface area contributed by atoms with Gasteiger partial charge in [0.05, 0.1) is 11.1 Å². The van der Waals surface area contributed by atoms with Crippen molar-refractivity contribution in [3.05, 3.63) is 44.9 Å². The van der Waals surface area contributed by atoms with Crippen LogP contribution >= 0.6 is 27.5 Å². The predicted octanol–water partition coefficient (Wildman–Crippen LogP) is 4.21. The second-order valence-corrected chi connectivity index (χ2v) is 5.08. The largest absolute Gasteiger partial charge is 0.321 e. The second kappa shape index (κ2) is 4.69. The van der Waals surface area contributed by atoms with Crippen molar-refractivity contribution in [3.63, 3.8) is 0 Å². The quantitative estimate of drug-likeness (QED) is 0.810. The molecule has 80 valence electrons. The van der Waals surface area contributed by atoms with Crippen LogP contribution in [0.2, 0.25) is 5.02 Å². The summed E-state index contributed by atoms with van der Waals surface area (Å²) in [4.78, 5) is 0. The molecule has 1 atom stereocenters. The highest BCUT2D eigenvalue weighted by Gasteiger charge is 2.15. The topological polar surface area (TPSA) is 26.0 Å². The molecule has 1 aliphatic carbocycles. The first-order valence-corrected chi connectivity index (χ1v) is 6.25. The van der Waals surface area contributed by atoms with Gasteiger partial charge in [0.15, 0.2) is 0 Å². The molecule has 0 radical (unpaired) electrons. The van der Waals surface area contributed by atoms with Crippen molar-refractivity contribution >= 4 is 27.5 Å². The molecule has 0 amide bonds. The van der Waals surface area contributed by atoms with Crippen molar-refractivity contribution in [2.75, 3.05) is 0 Å². The summed E-state index contributed by atoms with van der Waals surface area (Å²) in [5, 5.41) is 0.724. The highest BCUT2D eigenvalue weighted by molar-refractivity contribution is 9.10. The van der Waals surface area contributed by atoms with Crippen LogP contribution in [0.25, 0.3) is 0 Å². The lowest BCUT2D eigenvalue weighted by Crippen LogP contribution is -2.12. The minimum atomic E-state index is 0.0121. The molecule has 1 nitrogen and oxygen atoms in total. The van der Waals surface area contributed by atoms with Gasteiger partial charge in [0.2, 0.25) is 0 Å². The molecule has 0 bridgehead atoms. The van der Waals surface area contributed by atoms with Crippen LogP contribution in [0, 0.1) is 0 Å². The van der Waals surface area contributed by atoms with Crippen LogP contribution in [0.1, 0.15) is 30.9 Å². The van der Waals surface area contributed by atoms with Gasteiger partial charge >= 0.3 is 0 Å². The number of allylic oxidation sites excluding steroid dienone is 1. The van der Waals surface area contributed by atoms with Gasteiger partial charge in [-0.05, 0) is 52.9 Å². The zero-order valence-corrected chi connectivity index (χ0v) is 10.7. The number of halogens is 2. The number of nitrogens with two attached hydrogens (primary N) is 1. The Bertz CT molecular complexity index is 401. The lowest BCUT2D eigenvalue weighted by atomic mass is 9.99. The van der Waals surface area contributed by atoms with Gasteiger partial charge < -0.3 is 5.73 Å². The van der Waals surface area contributed by atoms with Crippen LogP contribution in [-0.4, -0.2) is 0 Å². The molecule has 0 fully saturated rings. The lowest BCUT2D eigenvalue weighted by molar-refractivity contribution is 0.785. The third-order valence-corrected chi connectivity index (χ3v) is 4.01. The maximum atomic E-state index is 6.18. The summed E-state index contributed by atoms with van der Waals surface area (Å²) in [5.41, 5.74) is 8.61. The van der Waals surface area contributed by atoms with Gasteiger partial charge in [-0.2, -0.15) is 0 Å². The molecule has 1 aromatic rings. The third kappa shape index (κ3) is 2.44. The van der Waals surface area contributed by atoms with Gasteiger partial charge in [0.1, 0.15) is 0 Å². The normalized spacial score (nSPS) is 17.7. The molecule has 1 aromatic carbocycles. The van der Waals surface area contributed by atoms with Crippen LogP contribution in [0.3, 0.4) is 0 Å². The molecule has 0 spiro atoms. The molecule has 0 saturated heterocycles. The van der Waals surface area contributed by atoms with E-state index in [-0.39, 0.29) is 6.04 Å². The SMILES string of the molecule is NC(C1=CCCC1)c1ccc(Br)c(Cl)c1. The molecule has 1 unspecified atom stereocenters. The van der Waals surface area contributed by atoms with Gasteiger partial charge in [0, 0.05) is 4.47 Å². The van der Waals surface area contributed by atoms with E-state index in [0.29, 0.717) is 0 Å². The maximum absolute atomic E-state index is 6.18. The Morgan fingerprint density at radius 2 is 2.20 bits per heavy atom. The maximum Gasteiger partial charge on any atom is 0.0551 e. The van der Waals surface area contributed by atoms with Gasteiger partial charge in [-0.15, -0.1) is 0 Å². The number of benzene rings is 1. The van der Waals surface area contributed by atoms with Crippen LogP contribution in [0.15, 0.2) is 34.3 Å². The summed E-state index contributed by atoms with van der Waals surface area (Å²) in [5.74, 6) is 0. The third-order valence-electron chi connectivity index (χ3n) is 2.78. The predicted molar refractivity (Wildman–Crippen MR) is 68.0 cm³/mol. The number of rotatable bonds is 2. The Balaban J connectivity index is 2.25. The molecule has 15 heavy (non-hydrogen) atoms. The van der Waals surface area contributed by atoms with Crippen LogP contribution < -0.4 is 5.73 Å². The molecule has 2 N–H and O–H groups in total. The van der Waals surface area contributed by atoms with Crippen LogP contribution in [-0.2, 0) is 0 Å². The lowest BCUT2D eigenvalue weighted by Gasteiger charge is -2.14. The molecule has 0 heterocycles. The van der Waals surface area contributed by atoms with Crippen molar-refractivity contribution in [2.45, 2.75) is 25.3 Å². The van der Waals surface area contributed by atoms with E-state index in [1.165, 1.54) is 12.0 Å². The molecule has 3 heteroatoms. The van der Waals surface area contributed by atoms with E-state index in [0.717, 1.165) is 27.9 Å². The van der Waals surface area contributed by atoms with Crippen LogP contribution in [0.5, 0.6) is 0 Å². The number of hydrogen-bond acceptors (Lipinski definition) is 1. The van der Waals surface area contributed by atoms with Crippen molar-refractivity contribution in [3.8, 4) is 0 Å². The van der Waals surface area contributed by atoms with Gasteiger partial charge in [-0.3, -0.25) is 0 Å². The first kappa shape index (κ1) is 11.2. The Labute approximate surface area is 103 Å². The first-order valence-electron chi connectivity index (χ1n) is 5.08. The summed E-state index contributed by atoms with van der Waals surface area (Å²) in [7, 11) is 0. The van der Waals surface area contributed by atoms with Gasteiger partial charge in [0.25, 0.3) is 0 Å². The molecule has 0 aromatic heterocycles. The molecular weight excluding hydrogens is 273 g/mol. The molecular formula is C12H13BrClN. The van der Waals surface area contributed by atoms with Crippen molar-refractivity contribution in [1.82, 2.24) is 0 Å². The minimum absolute atomic E-state index is 0.0121. The van der Waals surface area contributed by atoms with Crippen LogP contribution in [0.4, 0.5) is 0 Å². The smallest absolute Gasteiger partial charge is 0.0551 e. The summed E-state index contributed by atoms with van der Waals surface area (Å²) in [6.45, 7) is 0. The van der Waals surface area contributed by atoms with E-state index in [1.807, 2.05) is 18.2 Å². The van der Waals surface area contributed by atoms with Crippen molar-refractivity contribution in [1.29, 1.82) is 0 Å². The zero-order chi connectivity index (χ0) is 10.8. The first-order chi connectivity index (χ1) is 7.18. The summed E-state index contributed by atoms with van der Waals surface area (Å²) >= 11 is 9.42. The van der Waals surface area contributed by atoms with E-state index in [4.69, 9.17) is 17.3 Å². The van der Waals surface area contributed by atoms with Crippen molar-refractivity contribution < 1.29 is 0 Å². The van der Waals surface area contributed by atoms with Gasteiger partial charge in [-0.25, -0.2) is 0 Å². The Morgan fingerprint density at radius 3 is 2.80 bits per heavy atom. The second-order valence-electron chi connectivity index (χ2n) is 3.82. The van der Waals surface area contributed by atoms with E-state index >= 15 is 0 Å². The Morgan fingerprint density at radius 1 is 1.40 bits per heavy atom. The average molecular weight is 287 g/mol. The summed E-state index contributed by atoms with van der Waals surface area (Å²) in [6.07, 6.45) is 5.76. The van der Waals surface area contributed by atoms with E-state index < -0.39 is 0 Å². The highest BCUT2D eigenvalue weighted by Crippen LogP contribution is 2.32. The number of hydrogen-bond donors (Lipinski definition) is 1. The standard InChI is InChI=1S/C12H13BrClN/c13-10-6-5-9(7-11(10)14)12(15)8-3-1-2-4-8/h3,5-7,12H,1-2,4,15H2. The highest BCUT2D eigenvalue weighted by atomic mass is 79.9. The van der Waals surface area contributed by atoms with E-state index in [9.17, 15) is 0 Å². The van der Waals surface area contributed by atoms with Crippen molar-refractivity contribution in [2.24, 2.45) is 5.73 Å². The fourth-order valence-electron chi connectivity index (χ4n) is 1.90. The van der Waals surface area contributed by atoms with E-state index in [1.54, 1.807) is 0 Å². The average Bonchev–Trinajstić information content (AvgIpc) is 2.74. The monoisotopic (exact) mass is 285 g/mol. The zero-order valence-electron chi connectivity index (χ0n) is 8.34. The Kier molecular flexibility index (Phi) is 3.49. The fourth-order valence-corrected chi connectivity index (χ4v) is 2.33. The van der Waals surface area contributed by atoms with Gasteiger partial charge in [-0.1, -0.05) is 29.3 Å².